The second-order valence-corrected chi connectivity index (χ2v) is 7.93. The molecule has 0 saturated heterocycles. The van der Waals surface area contributed by atoms with Crippen molar-refractivity contribution in [3.63, 3.8) is 0 Å². The molecule has 210 valence electrons. The van der Waals surface area contributed by atoms with E-state index in [9.17, 15) is 55.9 Å². The van der Waals surface area contributed by atoms with E-state index in [0.29, 0.717) is 0 Å². The third-order valence-corrected chi connectivity index (χ3v) is 5.09. The van der Waals surface area contributed by atoms with Gasteiger partial charge in [-0.05, 0) is 12.8 Å². The fourth-order valence-corrected chi connectivity index (χ4v) is 2.85. The lowest BCUT2D eigenvalue weighted by atomic mass is 10.0. The Kier molecular flexibility index (Phi) is 16.6. The molecule has 0 bridgehead atoms. The first-order chi connectivity index (χ1) is 16.3. The Bertz CT molecular complexity index is 579. The molecule has 0 unspecified atom stereocenters. The van der Waals surface area contributed by atoms with Gasteiger partial charge in [-0.1, -0.05) is 0 Å². The number of hydrogen-bond donors (Lipinski definition) is 15. The molecule has 0 heterocycles. The largest absolute Gasteiger partial charge is 0.442 e. The smallest absolute Gasteiger partial charge is 0.404 e. The number of nitrogens with two attached hydrogens (primary N) is 1. The van der Waals surface area contributed by atoms with Crippen molar-refractivity contribution in [2.45, 2.75) is 80.2 Å². The van der Waals surface area contributed by atoms with Crippen LogP contribution in [0.1, 0.15) is 12.8 Å². The summed E-state index contributed by atoms with van der Waals surface area (Å²) in [6.07, 6.45) is -20.5. The number of rotatable bonds is 19. The van der Waals surface area contributed by atoms with Crippen molar-refractivity contribution in [2.24, 2.45) is 5.73 Å². The molecule has 0 spiro atoms. The molecular weight excluding hydrogens is 482 g/mol. The van der Waals surface area contributed by atoms with Gasteiger partial charge in [0.25, 0.3) is 0 Å². The fourth-order valence-electron chi connectivity index (χ4n) is 2.85. The van der Waals surface area contributed by atoms with E-state index in [1.165, 1.54) is 0 Å². The summed E-state index contributed by atoms with van der Waals surface area (Å²) in [6, 6.07) is 0. The van der Waals surface area contributed by atoms with Crippen molar-refractivity contribution in [1.82, 2.24) is 10.6 Å². The summed E-state index contributed by atoms with van der Waals surface area (Å²) in [5.74, 6) is 0. The molecule has 0 aromatic rings. The predicted octanol–water partition coefficient (Wildman–Crippen LogP) is -8.08. The maximum absolute atomic E-state index is 11.1. The zero-order chi connectivity index (χ0) is 27.3. The summed E-state index contributed by atoms with van der Waals surface area (Å²) in [4.78, 5) is 11.1. The summed E-state index contributed by atoms with van der Waals surface area (Å²) in [6.45, 7) is -2.78. The van der Waals surface area contributed by atoms with E-state index in [1.54, 1.807) is 0 Å². The lowest BCUT2D eigenvalue weighted by Crippen LogP contribution is -2.52. The molecule has 0 rings (SSSR count). The molecule has 17 nitrogen and oxygen atoms in total. The van der Waals surface area contributed by atoms with Crippen LogP contribution >= 0.6 is 0 Å². The molecule has 0 fully saturated rings. The van der Waals surface area contributed by atoms with Crippen molar-refractivity contribution in [3.05, 3.63) is 0 Å². The summed E-state index contributed by atoms with van der Waals surface area (Å²) in [5.41, 5.74) is 4.95. The number of hydrogen-bond acceptors (Lipinski definition) is 16. The Morgan fingerprint density at radius 3 is 1.46 bits per heavy atom. The van der Waals surface area contributed by atoms with Gasteiger partial charge in [0.05, 0.1) is 25.4 Å². The topological polar surface area (TPSA) is 319 Å². The van der Waals surface area contributed by atoms with Gasteiger partial charge in [-0.15, -0.1) is 0 Å². The maximum atomic E-state index is 11.1. The van der Waals surface area contributed by atoms with Crippen LogP contribution in [-0.4, -0.2) is 161 Å². The minimum atomic E-state index is -1.91. The highest BCUT2D eigenvalue weighted by molar-refractivity contribution is 5.64. The third kappa shape index (κ3) is 12.5. The molecule has 0 aromatic carbocycles. The number of primary amides is 1. The minimum Gasteiger partial charge on any atom is -0.442 e. The van der Waals surface area contributed by atoms with Crippen LogP contribution in [0.25, 0.3) is 0 Å². The van der Waals surface area contributed by atoms with Gasteiger partial charge in [-0.25, -0.2) is 4.79 Å². The molecule has 16 N–H and O–H groups in total. The van der Waals surface area contributed by atoms with Crippen molar-refractivity contribution in [1.29, 1.82) is 0 Å². The Hall–Kier alpha value is -1.29. The van der Waals surface area contributed by atoms with Crippen molar-refractivity contribution in [2.75, 3.05) is 26.3 Å². The lowest BCUT2D eigenvalue weighted by molar-refractivity contribution is -0.117. The van der Waals surface area contributed by atoms with E-state index in [0.717, 1.165) is 0 Å². The van der Waals surface area contributed by atoms with Crippen LogP contribution in [0.2, 0.25) is 0 Å². The van der Waals surface area contributed by atoms with Crippen LogP contribution in [-0.2, 0) is 4.74 Å². The van der Waals surface area contributed by atoms with Gasteiger partial charge in [-0.2, -0.15) is 0 Å². The molecule has 0 aliphatic rings. The van der Waals surface area contributed by atoms with Crippen LogP contribution in [0.4, 0.5) is 4.79 Å². The first-order valence-corrected chi connectivity index (χ1v) is 10.7. The normalized spacial score (nSPS) is 21.6. The third-order valence-electron chi connectivity index (χ3n) is 5.09. The first-order valence-electron chi connectivity index (χ1n) is 10.7. The standard InChI is InChI=1S/C18H39N3O14/c19-18(34)35-11(17(33)21-4-8(25)14(30)16(32)10(27)6-23)1-2-12(28)20-3-7(24)13(29)15(31)9(26)5-22/h7-17,20-33H,1-6H2,(H2,19,34)/t7-,8-,9+,10+,11-,12-,13+,14+,15+,16+,17-/m0/s1. The quantitative estimate of drug-likeness (QED) is 0.0701. The molecule has 0 radical (unpaired) electrons. The molecule has 0 aliphatic carbocycles. The van der Waals surface area contributed by atoms with Crippen LogP contribution < -0.4 is 16.4 Å². The average Bonchev–Trinajstić information content (AvgIpc) is 2.84. The molecule has 0 aliphatic heterocycles. The van der Waals surface area contributed by atoms with Crippen molar-refractivity contribution >= 4 is 6.09 Å². The monoisotopic (exact) mass is 521 g/mol. The van der Waals surface area contributed by atoms with E-state index >= 15 is 0 Å². The Labute approximate surface area is 200 Å². The van der Waals surface area contributed by atoms with Gasteiger partial charge in [0.15, 0.2) is 0 Å². The zero-order valence-corrected chi connectivity index (χ0v) is 18.9. The number of aliphatic hydroxyl groups is 12. The number of carbonyl (C=O) groups excluding carboxylic acids is 1. The van der Waals surface area contributed by atoms with E-state index in [2.05, 4.69) is 10.6 Å². The molecular formula is C18H39N3O14. The highest BCUT2D eigenvalue weighted by atomic mass is 16.6. The van der Waals surface area contributed by atoms with E-state index in [-0.39, 0.29) is 12.8 Å². The van der Waals surface area contributed by atoms with E-state index in [1.807, 2.05) is 0 Å². The highest BCUT2D eigenvalue weighted by Crippen LogP contribution is 2.11. The second-order valence-electron chi connectivity index (χ2n) is 7.93. The van der Waals surface area contributed by atoms with Crippen LogP contribution in [0, 0.1) is 0 Å². The van der Waals surface area contributed by atoms with Crippen molar-refractivity contribution < 1.29 is 70.8 Å². The summed E-state index contributed by atoms with van der Waals surface area (Å²) >= 11 is 0. The zero-order valence-electron chi connectivity index (χ0n) is 18.9. The van der Waals surface area contributed by atoms with Crippen LogP contribution in [0.5, 0.6) is 0 Å². The van der Waals surface area contributed by atoms with Gasteiger partial charge in [0, 0.05) is 13.1 Å². The second kappa shape index (κ2) is 17.2. The number of carbonyl (C=O) groups is 1. The van der Waals surface area contributed by atoms with E-state index < -0.39 is 99.8 Å². The SMILES string of the molecule is NC(=O)O[C@@H](CC[C@H](O)NC[C@H](O)[C@@H](O)[C@H](O)[C@H](O)CO)[C@H](O)NC[C@H](O)[C@@H](O)[C@H](O)[C@H](O)CO. The van der Waals surface area contributed by atoms with Gasteiger partial charge >= 0.3 is 6.09 Å². The number of aliphatic hydroxyl groups excluding tert-OH is 12. The van der Waals surface area contributed by atoms with E-state index in [4.69, 9.17) is 20.7 Å². The fraction of sp³-hybridized carbons (Fsp3) is 0.944. The first kappa shape index (κ1) is 33.7. The molecule has 0 aromatic heterocycles. The predicted molar refractivity (Wildman–Crippen MR) is 114 cm³/mol. The lowest BCUT2D eigenvalue weighted by Gasteiger charge is -2.29. The molecule has 17 heteroatoms. The maximum Gasteiger partial charge on any atom is 0.404 e. The van der Waals surface area contributed by atoms with Gasteiger partial charge in [0.1, 0.15) is 55.2 Å². The van der Waals surface area contributed by atoms with Gasteiger partial charge < -0.3 is 71.7 Å². The molecule has 11 atom stereocenters. The highest BCUT2D eigenvalue weighted by Gasteiger charge is 2.32. The Morgan fingerprint density at radius 1 is 0.657 bits per heavy atom. The van der Waals surface area contributed by atoms with Crippen molar-refractivity contribution in [3.8, 4) is 0 Å². The summed E-state index contributed by atoms with van der Waals surface area (Å²) in [7, 11) is 0. The molecule has 0 saturated carbocycles. The summed E-state index contributed by atoms with van der Waals surface area (Å²) < 4.78 is 4.74. The Morgan fingerprint density at radius 2 is 1.06 bits per heavy atom. The van der Waals surface area contributed by atoms with Gasteiger partial charge in [0.2, 0.25) is 0 Å². The Balaban J connectivity index is 4.72. The molecule has 35 heavy (non-hydrogen) atoms. The number of ether oxygens (including phenoxy) is 1. The minimum absolute atomic E-state index is 0.214. The van der Waals surface area contributed by atoms with Gasteiger partial charge in [-0.3, -0.25) is 10.6 Å². The van der Waals surface area contributed by atoms with Crippen LogP contribution in [0.3, 0.4) is 0 Å². The van der Waals surface area contributed by atoms with Crippen LogP contribution in [0.15, 0.2) is 0 Å². The number of amides is 1. The number of nitrogens with one attached hydrogen (secondary N) is 2. The summed E-state index contributed by atoms with van der Waals surface area (Å²) in [5, 5.41) is 119. The average molecular weight is 522 g/mol. The molecule has 1 amide bonds.